The Morgan fingerprint density at radius 3 is 2.86 bits per heavy atom. The van der Waals surface area contributed by atoms with Gasteiger partial charge in [-0.1, -0.05) is 0 Å². The van der Waals surface area contributed by atoms with Gasteiger partial charge in [0.2, 0.25) is 0 Å². The van der Waals surface area contributed by atoms with E-state index in [2.05, 4.69) is 0 Å². The van der Waals surface area contributed by atoms with Gasteiger partial charge in [-0.2, -0.15) is 5.26 Å². The lowest BCUT2D eigenvalue weighted by atomic mass is 10.1. The molecule has 3 nitrogen and oxygen atoms in total. The number of hydrogen-bond donors (Lipinski definition) is 0. The van der Waals surface area contributed by atoms with Crippen molar-refractivity contribution in [3.05, 3.63) is 29.3 Å². The van der Waals surface area contributed by atoms with Gasteiger partial charge in [-0.3, -0.25) is 4.79 Å². The maximum absolute atomic E-state index is 10.7. The van der Waals surface area contributed by atoms with E-state index >= 15 is 0 Å². The third-order valence-corrected chi connectivity index (χ3v) is 2.09. The first-order valence-corrected chi connectivity index (χ1v) is 4.49. The predicted molar refractivity (Wildman–Crippen MR) is 50.2 cm³/mol. The molecule has 0 aliphatic heterocycles. The number of benzene rings is 1. The van der Waals surface area contributed by atoms with Gasteiger partial charge in [-0.15, -0.1) is 0 Å². The van der Waals surface area contributed by atoms with Crippen molar-refractivity contribution in [2.24, 2.45) is 0 Å². The molecule has 3 heteroatoms. The highest BCUT2D eigenvalue weighted by molar-refractivity contribution is 5.79. The molecule has 0 N–H and O–H groups in total. The molecule has 1 aromatic carbocycles. The number of carbonyl (C=O) groups is 1. The summed E-state index contributed by atoms with van der Waals surface area (Å²) in [6.45, 7) is 0. The number of nitrogens with zero attached hydrogens (tertiary/aromatic N) is 1. The fourth-order valence-corrected chi connectivity index (χ4v) is 1.17. The SMILES string of the molecule is N#Cc1ccc(C=O)c(OC2CC2)c1. The van der Waals surface area contributed by atoms with Gasteiger partial charge < -0.3 is 4.74 Å². The van der Waals surface area contributed by atoms with Crippen LogP contribution in [0.1, 0.15) is 28.8 Å². The van der Waals surface area contributed by atoms with Crippen LogP contribution in [0.25, 0.3) is 0 Å². The molecule has 0 unspecified atom stereocenters. The highest BCUT2D eigenvalue weighted by Gasteiger charge is 2.24. The smallest absolute Gasteiger partial charge is 0.153 e. The molecule has 0 amide bonds. The molecule has 14 heavy (non-hydrogen) atoms. The summed E-state index contributed by atoms with van der Waals surface area (Å²) in [5.74, 6) is 0.529. The van der Waals surface area contributed by atoms with Crippen molar-refractivity contribution in [3.8, 4) is 11.8 Å². The molecule has 70 valence electrons. The van der Waals surface area contributed by atoms with Crippen LogP contribution < -0.4 is 4.74 Å². The van der Waals surface area contributed by atoms with Crippen molar-refractivity contribution < 1.29 is 9.53 Å². The summed E-state index contributed by atoms with van der Waals surface area (Å²) in [6.07, 6.45) is 3.06. The molecule has 0 saturated heterocycles. The monoisotopic (exact) mass is 187 g/mol. The maximum Gasteiger partial charge on any atom is 0.153 e. The van der Waals surface area contributed by atoms with Crippen molar-refractivity contribution in [2.45, 2.75) is 18.9 Å². The van der Waals surface area contributed by atoms with E-state index in [0.717, 1.165) is 19.1 Å². The van der Waals surface area contributed by atoms with Crippen LogP contribution >= 0.6 is 0 Å². The third kappa shape index (κ3) is 1.74. The number of aldehydes is 1. The molecule has 1 aliphatic carbocycles. The van der Waals surface area contributed by atoms with E-state index in [-0.39, 0.29) is 6.10 Å². The molecule has 0 bridgehead atoms. The summed E-state index contributed by atoms with van der Waals surface area (Å²) < 4.78 is 5.51. The van der Waals surface area contributed by atoms with Gasteiger partial charge in [0.1, 0.15) is 5.75 Å². The first-order chi connectivity index (χ1) is 6.83. The minimum absolute atomic E-state index is 0.239. The summed E-state index contributed by atoms with van der Waals surface area (Å²) in [5, 5.41) is 8.68. The Morgan fingerprint density at radius 1 is 1.50 bits per heavy atom. The normalized spacial score (nSPS) is 14.5. The molecular weight excluding hydrogens is 178 g/mol. The van der Waals surface area contributed by atoms with Gasteiger partial charge in [-0.05, 0) is 31.0 Å². The maximum atomic E-state index is 10.7. The number of ether oxygens (including phenoxy) is 1. The molecule has 0 spiro atoms. The van der Waals surface area contributed by atoms with Crippen LogP contribution in [-0.2, 0) is 0 Å². The number of nitriles is 1. The van der Waals surface area contributed by atoms with Crippen molar-refractivity contribution in [2.75, 3.05) is 0 Å². The molecule has 0 atom stereocenters. The Kier molecular flexibility index (Phi) is 2.19. The topological polar surface area (TPSA) is 50.1 Å². The van der Waals surface area contributed by atoms with E-state index in [1.165, 1.54) is 0 Å². The van der Waals surface area contributed by atoms with E-state index < -0.39 is 0 Å². The lowest BCUT2D eigenvalue weighted by Crippen LogP contribution is -1.99. The molecule has 0 heterocycles. The number of rotatable bonds is 3. The fraction of sp³-hybridized carbons (Fsp3) is 0.273. The third-order valence-electron chi connectivity index (χ3n) is 2.09. The quantitative estimate of drug-likeness (QED) is 0.679. The van der Waals surface area contributed by atoms with Crippen LogP contribution in [-0.4, -0.2) is 12.4 Å². The van der Waals surface area contributed by atoms with Gasteiger partial charge >= 0.3 is 0 Å². The lowest BCUT2D eigenvalue weighted by molar-refractivity contribution is 0.111. The van der Waals surface area contributed by atoms with Gasteiger partial charge in [0, 0.05) is 0 Å². The van der Waals surface area contributed by atoms with Crippen LogP contribution in [0.3, 0.4) is 0 Å². The van der Waals surface area contributed by atoms with Crippen LogP contribution in [0.5, 0.6) is 5.75 Å². The largest absolute Gasteiger partial charge is 0.490 e. The second-order valence-corrected chi connectivity index (χ2v) is 3.30. The highest BCUT2D eigenvalue weighted by Crippen LogP contribution is 2.29. The zero-order valence-corrected chi connectivity index (χ0v) is 7.56. The second kappa shape index (κ2) is 3.51. The minimum Gasteiger partial charge on any atom is -0.490 e. The Labute approximate surface area is 81.9 Å². The van der Waals surface area contributed by atoms with Crippen LogP contribution in [0.4, 0.5) is 0 Å². The Morgan fingerprint density at radius 2 is 2.29 bits per heavy atom. The van der Waals surface area contributed by atoms with E-state index in [1.54, 1.807) is 18.2 Å². The first kappa shape index (κ1) is 8.76. The van der Waals surface area contributed by atoms with Crippen molar-refractivity contribution in [1.29, 1.82) is 5.26 Å². The molecular formula is C11H9NO2. The summed E-state index contributed by atoms with van der Waals surface area (Å²) in [7, 11) is 0. The van der Waals surface area contributed by atoms with Crippen LogP contribution in [0.15, 0.2) is 18.2 Å². The average Bonchev–Trinajstić information content (AvgIpc) is 3.01. The number of hydrogen-bond acceptors (Lipinski definition) is 3. The molecule has 2 rings (SSSR count). The van der Waals surface area contributed by atoms with E-state index in [1.807, 2.05) is 6.07 Å². The fourth-order valence-electron chi connectivity index (χ4n) is 1.17. The Hall–Kier alpha value is -1.82. The standard InChI is InChI=1S/C11H9NO2/c12-6-8-1-2-9(7-13)11(5-8)14-10-3-4-10/h1-2,5,7,10H,3-4H2. The average molecular weight is 187 g/mol. The van der Waals surface area contributed by atoms with E-state index in [4.69, 9.17) is 10.00 Å². The van der Waals surface area contributed by atoms with E-state index in [9.17, 15) is 4.79 Å². The summed E-state index contributed by atoms with van der Waals surface area (Å²) in [6, 6.07) is 6.86. The van der Waals surface area contributed by atoms with Gasteiger partial charge in [0.05, 0.1) is 23.3 Å². The summed E-state index contributed by atoms with van der Waals surface area (Å²) in [4.78, 5) is 10.7. The minimum atomic E-state index is 0.239. The Bertz CT molecular complexity index is 402. The van der Waals surface area contributed by atoms with Crippen molar-refractivity contribution in [1.82, 2.24) is 0 Å². The highest BCUT2D eigenvalue weighted by atomic mass is 16.5. The molecule has 0 aromatic heterocycles. The first-order valence-electron chi connectivity index (χ1n) is 4.49. The molecule has 0 radical (unpaired) electrons. The predicted octanol–water partition coefficient (Wildman–Crippen LogP) is 1.91. The zero-order valence-electron chi connectivity index (χ0n) is 7.56. The zero-order chi connectivity index (χ0) is 9.97. The van der Waals surface area contributed by atoms with Gasteiger partial charge in [0.25, 0.3) is 0 Å². The van der Waals surface area contributed by atoms with Crippen molar-refractivity contribution >= 4 is 6.29 Å². The van der Waals surface area contributed by atoms with Gasteiger partial charge in [0.15, 0.2) is 6.29 Å². The second-order valence-electron chi connectivity index (χ2n) is 3.30. The molecule has 1 aliphatic rings. The van der Waals surface area contributed by atoms with Crippen LogP contribution in [0, 0.1) is 11.3 Å². The molecule has 1 fully saturated rings. The van der Waals surface area contributed by atoms with Crippen molar-refractivity contribution in [3.63, 3.8) is 0 Å². The van der Waals surface area contributed by atoms with E-state index in [0.29, 0.717) is 16.9 Å². The Balaban J connectivity index is 2.31. The van der Waals surface area contributed by atoms with Crippen LogP contribution in [0.2, 0.25) is 0 Å². The van der Waals surface area contributed by atoms with Gasteiger partial charge in [-0.25, -0.2) is 0 Å². The summed E-state index contributed by atoms with van der Waals surface area (Å²) >= 11 is 0. The molecule has 1 aromatic rings. The number of carbonyl (C=O) groups excluding carboxylic acids is 1. The summed E-state index contributed by atoms with van der Waals surface area (Å²) in [5.41, 5.74) is 1.03. The molecule has 1 saturated carbocycles. The lowest BCUT2D eigenvalue weighted by Gasteiger charge is -2.06.